The zero-order chi connectivity index (χ0) is 12.6. The number of rotatable bonds is 8. The molecule has 96 valence electrons. The molecule has 0 aliphatic heterocycles. The van der Waals surface area contributed by atoms with E-state index in [1.165, 1.54) is 0 Å². The van der Waals surface area contributed by atoms with Crippen LogP contribution in [-0.2, 0) is 4.79 Å². The third-order valence-electron chi connectivity index (χ3n) is 2.41. The summed E-state index contributed by atoms with van der Waals surface area (Å²) in [6.45, 7) is 8.97. The van der Waals surface area contributed by atoms with Gasteiger partial charge in [-0.25, -0.2) is 0 Å². The Hall–Kier alpha value is -0.610. The number of nitrogens with one attached hydrogen (secondary N) is 2. The van der Waals surface area contributed by atoms with Crippen molar-refractivity contribution in [3.8, 4) is 0 Å². The minimum absolute atomic E-state index is 0.0459. The molecule has 0 rings (SSSR count). The largest absolute Gasteiger partial charge is 0.396 e. The first-order valence-corrected chi connectivity index (χ1v) is 6.12. The Kier molecular flexibility index (Phi) is 8.21. The number of amides is 1. The fraction of sp³-hybridized carbons (Fsp3) is 0.917. The molecule has 0 aromatic carbocycles. The Labute approximate surface area is 98.8 Å². The van der Waals surface area contributed by atoms with Gasteiger partial charge in [-0.05, 0) is 32.6 Å². The summed E-state index contributed by atoms with van der Waals surface area (Å²) in [5.41, 5.74) is 0. The Morgan fingerprint density at radius 1 is 1.25 bits per heavy atom. The smallest absolute Gasteiger partial charge is 0.236 e. The van der Waals surface area contributed by atoms with Crippen LogP contribution in [0.2, 0.25) is 0 Å². The minimum atomic E-state index is -0.174. The summed E-state index contributed by atoms with van der Waals surface area (Å²) in [5.74, 6) is 0.521. The van der Waals surface area contributed by atoms with Gasteiger partial charge in [0, 0.05) is 19.2 Å². The Balaban J connectivity index is 3.77. The zero-order valence-electron chi connectivity index (χ0n) is 10.9. The van der Waals surface area contributed by atoms with E-state index in [0.717, 1.165) is 19.4 Å². The maximum Gasteiger partial charge on any atom is 0.236 e. The van der Waals surface area contributed by atoms with Crippen LogP contribution in [-0.4, -0.2) is 36.2 Å². The maximum absolute atomic E-state index is 11.6. The molecule has 2 atom stereocenters. The molecule has 0 fully saturated rings. The summed E-state index contributed by atoms with van der Waals surface area (Å²) < 4.78 is 0. The lowest BCUT2D eigenvalue weighted by atomic mass is 10.1. The van der Waals surface area contributed by atoms with Crippen LogP contribution in [0.3, 0.4) is 0 Å². The second-order valence-electron chi connectivity index (χ2n) is 4.79. The average molecular weight is 230 g/mol. The molecule has 0 aliphatic rings. The van der Waals surface area contributed by atoms with Crippen LogP contribution in [0.1, 0.15) is 40.5 Å². The molecule has 0 aromatic heterocycles. The van der Waals surface area contributed by atoms with Gasteiger partial charge >= 0.3 is 0 Å². The second-order valence-corrected chi connectivity index (χ2v) is 4.79. The van der Waals surface area contributed by atoms with E-state index in [-0.39, 0.29) is 24.6 Å². The first-order valence-electron chi connectivity index (χ1n) is 6.12. The summed E-state index contributed by atoms with van der Waals surface area (Å²) >= 11 is 0. The molecule has 0 aromatic rings. The second kappa shape index (κ2) is 8.53. The van der Waals surface area contributed by atoms with Gasteiger partial charge in [-0.15, -0.1) is 0 Å². The topological polar surface area (TPSA) is 61.4 Å². The predicted molar refractivity (Wildman–Crippen MR) is 66.2 cm³/mol. The maximum atomic E-state index is 11.6. The van der Waals surface area contributed by atoms with Gasteiger partial charge in [-0.2, -0.15) is 0 Å². The lowest BCUT2D eigenvalue weighted by molar-refractivity contribution is -0.123. The van der Waals surface area contributed by atoms with Crippen molar-refractivity contribution in [3.05, 3.63) is 0 Å². The van der Waals surface area contributed by atoms with Crippen molar-refractivity contribution in [2.45, 2.75) is 52.6 Å². The third-order valence-corrected chi connectivity index (χ3v) is 2.41. The van der Waals surface area contributed by atoms with Gasteiger partial charge in [-0.3, -0.25) is 4.79 Å². The van der Waals surface area contributed by atoms with Crippen molar-refractivity contribution in [1.29, 1.82) is 0 Å². The van der Waals surface area contributed by atoms with Crippen molar-refractivity contribution >= 4 is 5.91 Å². The molecule has 1 amide bonds. The van der Waals surface area contributed by atoms with E-state index >= 15 is 0 Å². The fourth-order valence-electron chi connectivity index (χ4n) is 1.44. The molecule has 4 nitrogen and oxygen atoms in total. The minimum Gasteiger partial charge on any atom is -0.396 e. The molecule has 0 heterocycles. The highest BCUT2D eigenvalue weighted by molar-refractivity contribution is 5.81. The summed E-state index contributed by atoms with van der Waals surface area (Å²) in [7, 11) is 0. The molecule has 0 radical (unpaired) electrons. The van der Waals surface area contributed by atoms with E-state index < -0.39 is 0 Å². The van der Waals surface area contributed by atoms with E-state index in [9.17, 15) is 4.79 Å². The van der Waals surface area contributed by atoms with Crippen LogP contribution in [0.4, 0.5) is 0 Å². The van der Waals surface area contributed by atoms with Crippen molar-refractivity contribution < 1.29 is 9.90 Å². The Bertz CT molecular complexity index is 195. The molecule has 0 saturated heterocycles. The predicted octanol–water partition coefficient (Wildman–Crippen LogP) is 0.898. The molecule has 0 bridgehead atoms. The number of hydrogen-bond acceptors (Lipinski definition) is 3. The molecule has 0 saturated carbocycles. The van der Waals surface area contributed by atoms with Crippen molar-refractivity contribution in [2.75, 3.05) is 13.2 Å². The number of carbonyl (C=O) groups is 1. The first-order chi connectivity index (χ1) is 7.47. The first kappa shape index (κ1) is 15.4. The lowest BCUT2D eigenvalue weighted by Crippen LogP contribution is -2.46. The number of aliphatic hydroxyl groups excluding tert-OH is 1. The Morgan fingerprint density at radius 2 is 1.88 bits per heavy atom. The van der Waals surface area contributed by atoms with E-state index in [4.69, 9.17) is 5.11 Å². The highest BCUT2D eigenvalue weighted by Crippen LogP contribution is 1.97. The molecular weight excluding hydrogens is 204 g/mol. The molecule has 0 aliphatic carbocycles. The number of aliphatic hydroxyl groups is 1. The van der Waals surface area contributed by atoms with Crippen LogP contribution in [0, 0.1) is 5.92 Å². The molecule has 2 unspecified atom stereocenters. The summed E-state index contributed by atoms with van der Waals surface area (Å²) in [4.78, 5) is 11.6. The monoisotopic (exact) mass is 230 g/mol. The normalized spacial score (nSPS) is 14.9. The van der Waals surface area contributed by atoms with Gasteiger partial charge < -0.3 is 15.7 Å². The zero-order valence-corrected chi connectivity index (χ0v) is 10.9. The van der Waals surface area contributed by atoms with E-state index in [0.29, 0.717) is 5.92 Å². The summed E-state index contributed by atoms with van der Waals surface area (Å²) in [6, 6.07) is 0.0828. The number of hydrogen-bond donors (Lipinski definition) is 3. The quantitative estimate of drug-likeness (QED) is 0.580. The van der Waals surface area contributed by atoms with Crippen LogP contribution < -0.4 is 10.6 Å². The van der Waals surface area contributed by atoms with Gasteiger partial charge in [0.05, 0.1) is 6.04 Å². The van der Waals surface area contributed by atoms with E-state index in [2.05, 4.69) is 24.5 Å². The van der Waals surface area contributed by atoms with E-state index in [1.54, 1.807) is 0 Å². The van der Waals surface area contributed by atoms with Crippen molar-refractivity contribution in [2.24, 2.45) is 5.92 Å². The van der Waals surface area contributed by atoms with Crippen molar-refractivity contribution in [1.82, 2.24) is 10.6 Å². The van der Waals surface area contributed by atoms with Gasteiger partial charge in [-0.1, -0.05) is 13.8 Å². The van der Waals surface area contributed by atoms with Crippen LogP contribution in [0.5, 0.6) is 0 Å². The molecule has 4 heteroatoms. The van der Waals surface area contributed by atoms with Crippen LogP contribution in [0.25, 0.3) is 0 Å². The molecule has 3 N–H and O–H groups in total. The average Bonchev–Trinajstić information content (AvgIpc) is 2.22. The van der Waals surface area contributed by atoms with Crippen LogP contribution >= 0.6 is 0 Å². The molecule has 16 heavy (non-hydrogen) atoms. The van der Waals surface area contributed by atoms with Gasteiger partial charge in [0.25, 0.3) is 0 Å². The summed E-state index contributed by atoms with van der Waals surface area (Å²) in [6.07, 6.45) is 1.66. The Morgan fingerprint density at radius 3 is 2.38 bits per heavy atom. The van der Waals surface area contributed by atoms with E-state index in [1.807, 2.05) is 13.8 Å². The summed E-state index contributed by atoms with van der Waals surface area (Å²) in [5, 5.41) is 14.8. The highest BCUT2D eigenvalue weighted by Gasteiger charge is 2.14. The van der Waals surface area contributed by atoms with Gasteiger partial charge in [0.2, 0.25) is 5.91 Å². The molecular formula is C12H26N2O2. The van der Waals surface area contributed by atoms with Crippen LogP contribution in [0.15, 0.2) is 0 Å². The number of carbonyl (C=O) groups excluding carboxylic acids is 1. The highest BCUT2D eigenvalue weighted by atomic mass is 16.2. The fourth-order valence-corrected chi connectivity index (χ4v) is 1.44. The lowest BCUT2D eigenvalue weighted by Gasteiger charge is -2.19. The van der Waals surface area contributed by atoms with Gasteiger partial charge in [0.15, 0.2) is 0 Å². The van der Waals surface area contributed by atoms with Crippen molar-refractivity contribution in [3.63, 3.8) is 0 Å². The standard InChI is InChI=1S/C12H26N2O2/c1-9(2)8-13-12(16)11(4)14-10(3)6-5-7-15/h9-11,14-15H,5-8H2,1-4H3,(H,13,16). The third kappa shape index (κ3) is 7.65. The SMILES string of the molecule is CC(C)CNC(=O)C(C)NC(C)CCCO. The van der Waals surface area contributed by atoms with Gasteiger partial charge in [0.1, 0.15) is 0 Å². The molecule has 0 spiro atoms.